The van der Waals surface area contributed by atoms with Crippen LogP contribution >= 0.6 is 0 Å². The van der Waals surface area contributed by atoms with Crippen molar-refractivity contribution in [2.24, 2.45) is 10.8 Å². The second-order valence-electron chi connectivity index (χ2n) is 13.0. The molecule has 1 heterocycles. The Morgan fingerprint density at radius 1 is 0.829 bits per heavy atom. The number of allylic oxidation sites excluding steroid dienone is 4. The van der Waals surface area contributed by atoms with E-state index in [1.165, 1.54) is 19.2 Å². The van der Waals surface area contributed by atoms with Crippen molar-refractivity contribution in [1.82, 2.24) is 4.90 Å². The van der Waals surface area contributed by atoms with Gasteiger partial charge < -0.3 is 13.8 Å². The zero-order valence-corrected chi connectivity index (χ0v) is 25.8. The summed E-state index contributed by atoms with van der Waals surface area (Å²) < 4.78 is 37.2. The van der Waals surface area contributed by atoms with Crippen LogP contribution in [0.3, 0.4) is 0 Å². The lowest BCUT2D eigenvalue weighted by atomic mass is 9.63. The molecule has 0 saturated carbocycles. The average Bonchev–Trinajstić information content (AvgIpc) is 2.86. The van der Waals surface area contributed by atoms with E-state index >= 15 is 0 Å². The van der Waals surface area contributed by atoms with Crippen LogP contribution in [0.15, 0.2) is 69.9 Å². The fourth-order valence-electron chi connectivity index (χ4n) is 6.57. The molecule has 2 aliphatic carbocycles. The number of aryl methyl sites for hydroxylation is 1. The first-order chi connectivity index (χ1) is 19.2. The van der Waals surface area contributed by atoms with Crippen molar-refractivity contribution in [3.63, 3.8) is 0 Å². The molecule has 0 unspecified atom stereocenters. The number of nitrogens with zero attached hydrogens (tertiary/aromatic N) is 1. The Balaban J connectivity index is 1.64. The number of benzene rings is 2. The molecule has 5 rings (SSSR count). The Morgan fingerprint density at radius 2 is 1.37 bits per heavy atom. The number of carbonyl (C=O) groups excluding carboxylic acids is 2. The Morgan fingerprint density at radius 3 is 1.85 bits per heavy atom. The molecule has 0 atom stereocenters. The van der Waals surface area contributed by atoms with E-state index in [2.05, 4.69) is 39.5 Å². The van der Waals surface area contributed by atoms with E-state index in [9.17, 15) is 18.0 Å². The highest BCUT2D eigenvalue weighted by Crippen LogP contribution is 2.54. The van der Waals surface area contributed by atoms with E-state index in [1.807, 2.05) is 6.92 Å². The zero-order valence-electron chi connectivity index (χ0n) is 25.0. The third-order valence-corrected chi connectivity index (χ3v) is 9.62. The van der Waals surface area contributed by atoms with Crippen molar-refractivity contribution in [2.75, 3.05) is 13.7 Å². The molecule has 2 aromatic carbocycles. The number of hydrogen-bond donors (Lipinski definition) is 0. The Hall–Kier alpha value is -3.39. The first-order valence-corrected chi connectivity index (χ1v) is 15.6. The minimum Gasteiger partial charge on any atom is -0.493 e. The molecule has 41 heavy (non-hydrogen) atoms. The van der Waals surface area contributed by atoms with Gasteiger partial charge in [0.2, 0.25) is 0 Å². The third kappa shape index (κ3) is 5.34. The first kappa shape index (κ1) is 29.1. The molecule has 218 valence electrons. The van der Waals surface area contributed by atoms with Crippen LogP contribution in [0.4, 0.5) is 0 Å². The van der Waals surface area contributed by atoms with Crippen molar-refractivity contribution in [2.45, 2.75) is 78.0 Å². The molecule has 0 fully saturated rings. The van der Waals surface area contributed by atoms with Crippen molar-refractivity contribution in [3.8, 4) is 11.5 Å². The summed E-state index contributed by atoms with van der Waals surface area (Å²) in [6.07, 6.45) is 2.26. The molecule has 3 aliphatic rings. The molecule has 0 N–H and O–H groups in total. The van der Waals surface area contributed by atoms with Gasteiger partial charge in [0.15, 0.2) is 23.1 Å². The quantitative estimate of drug-likeness (QED) is 0.363. The number of ether oxygens (including phenoxy) is 1. The lowest BCUT2D eigenvalue weighted by molar-refractivity contribution is -0.119. The summed E-state index contributed by atoms with van der Waals surface area (Å²) in [7, 11) is -2.66. The summed E-state index contributed by atoms with van der Waals surface area (Å²) in [4.78, 5) is 29.9. The minimum atomic E-state index is -4.11. The zero-order chi connectivity index (χ0) is 29.9. The van der Waals surface area contributed by atoms with Gasteiger partial charge in [-0.05, 0) is 67.3 Å². The Labute approximate surface area is 243 Å². The standard InChI is InChI=1S/C33H39NO6S/c1-8-34-23-16-32(3,4)18-25(35)30(23)29(31-24(34)17-33(5,6)19-26(31)36)21-11-14-27(28(15-21)39-7)40-41(37,38)22-12-9-20(2)10-13-22/h9-15,29H,8,16-19H2,1-7H3. The fraction of sp³-hybridized carbons (Fsp3) is 0.455. The molecule has 2 aromatic rings. The molecule has 7 nitrogen and oxygen atoms in total. The summed E-state index contributed by atoms with van der Waals surface area (Å²) in [5, 5.41) is 0. The van der Waals surface area contributed by atoms with Crippen molar-refractivity contribution >= 4 is 21.7 Å². The molecule has 8 heteroatoms. The van der Waals surface area contributed by atoms with Gasteiger partial charge in [-0.15, -0.1) is 0 Å². The average molecular weight is 578 g/mol. The lowest BCUT2D eigenvalue weighted by Gasteiger charge is -2.48. The number of rotatable bonds is 6. The summed E-state index contributed by atoms with van der Waals surface area (Å²) in [5.74, 6) is -0.201. The first-order valence-electron chi connectivity index (χ1n) is 14.2. The van der Waals surface area contributed by atoms with Crippen LogP contribution in [-0.4, -0.2) is 38.5 Å². The van der Waals surface area contributed by atoms with Gasteiger partial charge in [0.05, 0.1) is 7.11 Å². The van der Waals surface area contributed by atoms with E-state index < -0.39 is 16.0 Å². The summed E-state index contributed by atoms with van der Waals surface area (Å²) in [5.41, 5.74) is 4.57. The van der Waals surface area contributed by atoms with Crippen LogP contribution in [0.5, 0.6) is 11.5 Å². The van der Waals surface area contributed by atoms with Gasteiger partial charge in [0, 0.05) is 47.8 Å². The van der Waals surface area contributed by atoms with Gasteiger partial charge in [0.1, 0.15) is 4.90 Å². The maximum absolute atomic E-state index is 13.8. The number of ketones is 2. The number of carbonyl (C=O) groups is 2. The molecule has 0 amide bonds. The van der Waals surface area contributed by atoms with Gasteiger partial charge >= 0.3 is 10.1 Å². The summed E-state index contributed by atoms with van der Waals surface area (Å²) in [6.45, 7) is 13.1. The van der Waals surface area contributed by atoms with E-state index in [0.717, 1.165) is 29.8 Å². The number of methoxy groups -OCH3 is 1. The number of Topliss-reactive ketones (excluding diaryl/α,β-unsaturated/α-hetero) is 2. The van der Waals surface area contributed by atoms with Crippen LogP contribution in [0, 0.1) is 17.8 Å². The summed E-state index contributed by atoms with van der Waals surface area (Å²) in [6, 6.07) is 11.4. The molecule has 0 spiro atoms. The monoisotopic (exact) mass is 577 g/mol. The fourth-order valence-corrected chi connectivity index (χ4v) is 7.51. The van der Waals surface area contributed by atoms with Crippen LogP contribution in [0.2, 0.25) is 0 Å². The SMILES string of the molecule is CCN1C2=C(C(=O)CC(C)(C)C2)C(c2ccc(OS(=O)(=O)c3ccc(C)cc3)c(OC)c2)C2=C1CC(C)(C)CC2=O. The topological polar surface area (TPSA) is 90.0 Å². The normalized spacial score (nSPS) is 20.6. The molecule has 0 saturated heterocycles. The predicted molar refractivity (Wildman–Crippen MR) is 157 cm³/mol. The molecule has 0 aromatic heterocycles. The van der Waals surface area contributed by atoms with Gasteiger partial charge in [-0.2, -0.15) is 8.42 Å². The Kier molecular flexibility index (Phi) is 7.21. The lowest BCUT2D eigenvalue weighted by Crippen LogP contribution is -2.44. The van der Waals surface area contributed by atoms with Crippen molar-refractivity contribution in [3.05, 3.63) is 76.1 Å². The molecule has 0 radical (unpaired) electrons. The smallest absolute Gasteiger partial charge is 0.339 e. The largest absolute Gasteiger partial charge is 0.493 e. The van der Waals surface area contributed by atoms with Gasteiger partial charge in [0.25, 0.3) is 0 Å². The van der Waals surface area contributed by atoms with Gasteiger partial charge in [-0.25, -0.2) is 0 Å². The van der Waals surface area contributed by atoms with Crippen LogP contribution in [-0.2, 0) is 19.7 Å². The molecular weight excluding hydrogens is 538 g/mol. The maximum atomic E-state index is 13.8. The Bertz CT molecular complexity index is 1540. The van der Waals surface area contributed by atoms with Crippen molar-refractivity contribution in [1.29, 1.82) is 0 Å². The molecular formula is C33H39NO6S. The van der Waals surface area contributed by atoms with Gasteiger partial charge in [-0.3, -0.25) is 9.59 Å². The highest BCUT2D eigenvalue weighted by molar-refractivity contribution is 7.87. The second kappa shape index (κ2) is 10.2. The van der Waals surface area contributed by atoms with Crippen LogP contribution in [0.1, 0.15) is 77.3 Å². The molecule has 0 bridgehead atoms. The van der Waals surface area contributed by atoms with E-state index in [4.69, 9.17) is 8.92 Å². The van der Waals surface area contributed by atoms with E-state index in [1.54, 1.807) is 30.3 Å². The van der Waals surface area contributed by atoms with Gasteiger partial charge in [-0.1, -0.05) is 51.5 Å². The predicted octanol–water partition coefficient (Wildman–Crippen LogP) is 6.48. The summed E-state index contributed by atoms with van der Waals surface area (Å²) >= 11 is 0. The maximum Gasteiger partial charge on any atom is 0.339 e. The van der Waals surface area contributed by atoms with Crippen molar-refractivity contribution < 1.29 is 26.9 Å². The second-order valence-corrected chi connectivity index (χ2v) is 14.6. The minimum absolute atomic E-state index is 0.0385. The molecule has 1 aliphatic heterocycles. The third-order valence-electron chi connectivity index (χ3n) is 8.37. The number of hydrogen-bond acceptors (Lipinski definition) is 7. The van der Waals surface area contributed by atoms with E-state index in [0.29, 0.717) is 36.1 Å². The van der Waals surface area contributed by atoms with Crippen LogP contribution in [0.25, 0.3) is 0 Å². The van der Waals surface area contributed by atoms with E-state index in [-0.39, 0.29) is 38.8 Å². The highest BCUT2D eigenvalue weighted by Gasteiger charge is 2.48. The highest BCUT2D eigenvalue weighted by atomic mass is 32.2. The van der Waals surface area contributed by atoms with Crippen LogP contribution < -0.4 is 8.92 Å².